The number of carbonyl (C=O) groups excluding carboxylic acids is 1. The minimum atomic E-state index is -1.22. The van der Waals surface area contributed by atoms with Crippen LogP contribution in [0.3, 0.4) is 0 Å². The standard InChI is InChI=1S/C21H24BNO5/c23-10-2-1-5-14-6-3-7-15(11-14)19(24)13-17-12-16-8-4-9-18(21(25)26)20(16)28-22(17)27/h3-4,6-9,11,17,27H,1-2,5,10,12-13,23H2,(H,25,26)/t17-/m1/s1. The number of unbranched alkanes of at least 4 members (excludes halogenated alkanes) is 1. The predicted octanol–water partition coefficient (Wildman–Crippen LogP) is 2.72. The molecular weight excluding hydrogens is 357 g/mol. The Kier molecular flexibility index (Phi) is 6.49. The Balaban J connectivity index is 1.70. The number of nitrogens with two attached hydrogens (primary N) is 1. The Hall–Kier alpha value is -2.64. The minimum absolute atomic E-state index is 0.0199. The van der Waals surface area contributed by atoms with Crippen LogP contribution < -0.4 is 10.4 Å². The van der Waals surface area contributed by atoms with Crippen LogP contribution in [0.25, 0.3) is 0 Å². The summed E-state index contributed by atoms with van der Waals surface area (Å²) in [5, 5.41) is 19.6. The molecule has 0 amide bonds. The molecule has 0 saturated heterocycles. The lowest BCUT2D eigenvalue weighted by Gasteiger charge is -2.28. The smallest absolute Gasteiger partial charge is 0.526 e. The van der Waals surface area contributed by atoms with Gasteiger partial charge in [-0.15, -0.1) is 0 Å². The highest BCUT2D eigenvalue weighted by Crippen LogP contribution is 2.36. The summed E-state index contributed by atoms with van der Waals surface area (Å²) >= 11 is 0. The number of aromatic carboxylic acids is 1. The van der Waals surface area contributed by atoms with Gasteiger partial charge in [0.25, 0.3) is 0 Å². The fourth-order valence-corrected chi connectivity index (χ4v) is 3.56. The molecule has 3 rings (SSSR count). The van der Waals surface area contributed by atoms with E-state index in [4.69, 9.17) is 10.4 Å². The molecule has 4 N–H and O–H groups in total. The van der Waals surface area contributed by atoms with Gasteiger partial charge in [0, 0.05) is 17.8 Å². The van der Waals surface area contributed by atoms with E-state index in [-0.39, 0.29) is 23.5 Å². The fraction of sp³-hybridized carbons (Fsp3) is 0.333. The van der Waals surface area contributed by atoms with Crippen LogP contribution in [0.4, 0.5) is 0 Å². The summed E-state index contributed by atoms with van der Waals surface area (Å²) in [7, 11) is -1.22. The summed E-state index contributed by atoms with van der Waals surface area (Å²) in [5.41, 5.74) is 7.95. The Bertz CT molecular complexity index is 870. The topological polar surface area (TPSA) is 110 Å². The molecule has 0 fully saturated rings. The molecule has 2 aromatic rings. The van der Waals surface area contributed by atoms with Crippen molar-refractivity contribution in [2.45, 2.75) is 37.9 Å². The van der Waals surface area contributed by atoms with Crippen molar-refractivity contribution in [3.63, 3.8) is 0 Å². The number of aryl methyl sites for hydroxylation is 1. The van der Waals surface area contributed by atoms with Crippen LogP contribution in [-0.4, -0.2) is 35.5 Å². The SMILES string of the molecule is NCCCCc1cccc(C(=O)C[C@H]2Cc3cccc(C(=O)O)c3OB2O)c1. The first-order valence-electron chi connectivity index (χ1n) is 9.51. The third-order valence-electron chi connectivity index (χ3n) is 5.07. The summed E-state index contributed by atoms with van der Waals surface area (Å²) in [5.74, 6) is -1.41. The van der Waals surface area contributed by atoms with Crippen LogP contribution in [0, 0.1) is 0 Å². The van der Waals surface area contributed by atoms with Crippen LogP contribution in [0.5, 0.6) is 5.75 Å². The van der Waals surface area contributed by atoms with Gasteiger partial charge in [-0.2, -0.15) is 0 Å². The molecule has 0 aliphatic carbocycles. The number of carbonyl (C=O) groups is 2. The maximum atomic E-state index is 12.7. The lowest BCUT2D eigenvalue weighted by Crippen LogP contribution is -2.35. The summed E-state index contributed by atoms with van der Waals surface area (Å²) in [6, 6.07) is 12.4. The fourth-order valence-electron chi connectivity index (χ4n) is 3.56. The average Bonchev–Trinajstić information content (AvgIpc) is 2.68. The molecule has 1 aliphatic rings. The van der Waals surface area contributed by atoms with E-state index < -0.39 is 18.9 Å². The number of hydrogen-bond donors (Lipinski definition) is 3. The second-order valence-corrected chi connectivity index (χ2v) is 7.15. The predicted molar refractivity (Wildman–Crippen MR) is 107 cm³/mol. The largest absolute Gasteiger partial charge is 0.535 e. The van der Waals surface area contributed by atoms with Crippen molar-refractivity contribution in [1.82, 2.24) is 0 Å². The Morgan fingerprint density at radius 1 is 1.18 bits per heavy atom. The number of carboxylic acid groups (broad SMARTS) is 1. The van der Waals surface area contributed by atoms with Crippen LogP contribution in [0.15, 0.2) is 42.5 Å². The minimum Gasteiger partial charge on any atom is -0.535 e. The second-order valence-electron chi connectivity index (χ2n) is 7.15. The van der Waals surface area contributed by atoms with Crippen molar-refractivity contribution in [3.8, 4) is 5.75 Å². The summed E-state index contributed by atoms with van der Waals surface area (Å²) in [6.45, 7) is 0.656. The molecule has 6 nitrogen and oxygen atoms in total. The van der Waals surface area contributed by atoms with Crippen molar-refractivity contribution in [2.24, 2.45) is 5.73 Å². The van der Waals surface area contributed by atoms with Crippen molar-refractivity contribution in [1.29, 1.82) is 0 Å². The highest BCUT2D eigenvalue weighted by Gasteiger charge is 2.37. The molecule has 7 heteroatoms. The number of Topliss-reactive ketones (excluding diaryl/α,β-unsaturated/α-hetero) is 1. The molecule has 0 spiro atoms. The maximum Gasteiger partial charge on any atom is 0.526 e. The van der Waals surface area contributed by atoms with Gasteiger partial charge in [0.1, 0.15) is 5.75 Å². The zero-order chi connectivity index (χ0) is 20.1. The highest BCUT2D eigenvalue weighted by molar-refractivity contribution is 6.47. The molecule has 0 saturated carbocycles. The molecule has 0 radical (unpaired) electrons. The molecule has 0 unspecified atom stereocenters. The number of fused-ring (bicyclic) bond motifs is 1. The summed E-state index contributed by atoms with van der Waals surface area (Å²) in [6.07, 6.45) is 3.32. The summed E-state index contributed by atoms with van der Waals surface area (Å²) < 4.78 is 5.47. The first kappa shape index (κ1) is 20.1. The molecule has 1 atom stereocenters. The Morgan fingerprint density at radius 3 is 2.71 bits per heavy atom. The van der Waals surface area contributed by atoms with E-state index in [0.717, 1.165) is 24.8 Å². The Morgan fingerprint density at radius 2 is 1.96 bits per heavy atom. The zero-order valence-electron chi connectivity index (χ0n) is 15.6. The molecule has 2 aromatic carbocycles. The van der Waals surface area contributed by atoms with Crippen LogP contribution in [-0.2, 0) is 12.8 Å². The third kappa shape index (κ3) is 4.61. The highest BCUT2D eigenvalue weighted by atomic mass is 16.5. The molecule has 28 heavy (non-hydrogen) atoms. The van der Waals surface area contributed by atoms with Gasteiger partial charge in [0.15, 0.2) is 5.78 Å². The normalized spacial score (nSPS) is 15.6. The Labute approximate surface area is 164 Å². The van der Waals surface area contributed by atoms with Crippen LogP contribution >= 0.6 is 0 Å². The number of rotatable bonds is 8. The van der Waals surface area contributed by atoms with Crippen molar-refractivity contribution >= 4 is 18.9 Å². The van der Waals surface area contributed by atoms with Gasteiger partial charge >= 0.3 is 13.1 Å². The van der Waals surface area contributed by atoms with E-state index in [1.54, 1.807) is 18.2 Å². The number of ketones is 1. The summed E-state index contributed by atoms with van der Waals surface area (Å²) in [4.78, 5) is 24.1. The van der Waals surface area contributed by atoms with Gasteiger partial charge in [0.2, 0.25) is 0 Å². The number of benzene rings is 2. The molecule has 1 heterocycles. The van der Waals surface area contributed by atoms with E-state index in [1.165, 1.54) is 6.07 Å². The van der Waals surface area contributed by atoms with Gasteiger partial charge in [-0.3, -0.25) is 4.79 Å². The first-order chi connectivity index (χ1) is 13.5. The average molecular weight is 381 g/mol. The van der Waals surface area contributed by atoms with E-state index in [2.05, 4.69) is 0 Å². The lowest BCUT2D eigenvalue weighted by molar-refractivity contribution is 0.0693. The van der Waals surface area contributed by atoms with Gasteiger partial charge in [-0.25, -0.2) is 4.79 Å². The van der Waals surface area contributed by atoms with Gasteiger partial charge in [-0.1, -0.05) is 30.3 Å². The van der Waals surface area contributed by atoms with Gasteiger partial charge in [-0.05, 0) is 55.5 Å². The monoisotopic (exact) mass is 381 g/mol. The quantitative estimate of drug-likeness (QED) is 0.369. The number of hydrogen-bond acceptors (Lipinski definition) is 5. The third-order valence-corrected chi connectivity index (χ3v) is 5.07. The van der Waals surface area contributed by atoms with E-state index in [0.29, 0.717) is 24.1 Å². The van der Waals surface area contributed by atoms with E-state index >= 15 is 0 Å². The molecule has 146 valence electrons. The van der Waals surface area contributed by atoms with Crippen molar-refractivity contribution in [3.05, 3.63) is 64.7 Å². The van der Waals surface area contributed by atoms with E-state index in [1.807, 2.05) is 18.2 Å². The lowest BCUT2D eigenvalue weighted by atomic mass is 9.64. The molecule has 0 bridgehead atoms. The van der Waals surface area contributed by atoms with Crippen molar-refractivity contribution in [2.75, 3.05) is 6.54 Å². The number of para-hydroxylation sites is 1. The van der Waals surface area contributed by atoms with Gasteiger partial charge < -0.3 is 20.5 Å². The van der Waals surface area contributed by atoms with Crippen LogP contribution in [0.1, 0.15) is 51.1 Å². The van der Waals surface area contributed by atoms with Crippen molar-refractivity contribution < 1.29 is 24.4 Å². The molecular formula is C21H24BNO5. The molecule has 0 aromatic heterocycles. The van der Waals surface area contributed by atoms with Gasteiger partial charge in [0.05, 0.1) is 5.56 Å². The maximum absolute atomic E-state index is 12.7. The zero-order valence-corrected chi connectivity index (χ0v) is 15.6. The molecule has 1 aliphatic heterocycles. The second kappa shape index (κ2) is 9.04. The first-order valence-corrected chi connectivity index (χ1v) is 9.51. The number of carboxylic acids is 1. The van der Waals surface area contributed by atoms with E-state index in [9.17, 15) is 19.7 Å². The van der Waals surface area contributed by atoms with Crippen LogP contribution in [0.2, 0.25) is 5.82 Å².